The molecule has 0 aromatic heterocycles. The Balaban J connectivity index is 2.31. The summed E-state index contributed by atoms with van der Waals surface area (Å²) in [6, 6.07) is 0.367. The fraction of sp³-hybridized carbons (Fsp3) is 0.833. The molecule has 5 nitrogen and oxygen atoms in total. The molecule has 1 N–H and O–H groups in total. The van der Waals surface area contributed by atoms with Gasteiger partial charge in [-0.1, -0.05) is 12.8 Å². The van der Waals surface area contributed by atoms with Crippen LogP contribution in [-0.2, 0) is 4.79 Å². The third kappa shape index (κ3) is 4.24. The lowest BCUT2D eigenvalue weighted by Crippen LogP contribution is -2.43. The van der Waals surface area contributed by atoms with Gasteiger partial charge in [-0.2, -0.15) is 0 Å². The molecule has 0 radical (unpaired) electrons. The van der Waals surface area contributed by atoms with E-state index in [2.05, 4.69) is 0 Å². The van der Waals surface area contributed by atoms with E-state index in [9.17, 15) is 9.59 Å². The molecule has 2 amide bonds. The summed E-state index contributed by atoms with van der Waals surface area (Å²) in [5.41, 5.74) is 0. The fourth-order valence-corrected chi connectivity index (χ4v) is 2.28. The first kappa shape index (κ1) is 13.8. The predicted octanol–water partition coefficient (Wildman–Crippen LogP) is 1.78. The summed E-state index contributed by atoms with van der Waals surface area (Å²) in [6.45, 7) is 0.502. The van der Waals surface area contributed by atoms with Crippen molar-refractivity contribution >= 4 is 12.0 Å². The topological polar surface area (TPSA) is 60.9 Å². The second-order valence-corrected chi connectivity index (χ2v) is 4.75. The highest BCUT2D eigenvalue weighted by molar-refractivity contribution is 5.74. The normalized spacial score (nSPS) is 15.9. The molecule has 0 spiro atoms. The van der Waals surface area contributed by atoms with Gasteiger partial charge >= 0.3 is 12.0 Å². The highest BCUT2D eigenvalue weighted by Gasteiger charge is 2.25. The number of rotatable bonds is 5. The molecular formula is C12H22N2O3. The van der Waals surface area contributed by atoms with Crippen LogP contribution in [0.25, 0.3) is 0 Å². The van der Waals surface area contributed by atoms with Crippen LogP contribution in [0.1, 0.15) is 38.5 Å². The van der Waals surface area contributed by atoms with E-state index in [0.29, 0.717) is 19.0 Å². The van der Waals surface area contributed by atoms with Gasteiger partial charge in [0, 0.05) is 33.1 Å². The molecule has 98 valence electrons. The zero-order valence-corrected chi connectivity index (χ0v) is 10.7. The minimum absolute atomic E-state index is 0.00212. The molecule has 0 saturated heterocycles. The highest BCUT2D eigenvalue weighted by Crippen LogP contribution is 2.22. The minimum Gasteiger partial charge on any atom is -0.481 e. The first-order valence-corrected chi connectivity index (χ1v) is 6.22. The maximum Gasteiger partial charge on any atom is 0.319 e. The van der Waals surface area contributed by atoms with Crippen LogP contribution in [0.2, 0.25) is 0 Å². The Morgan fingerprint density at radius 2 is 1.82 bits per heavy atom. The van der Waals surface area contributed by atoms with E-state index in [1.54, 1.807) is 16.8 Å². The molecule has 1 aliphatic carbocycles. The second-order valence-electron chi connectivity index (χ2n) is 4.75. The molecule has 1 saturated carbocycles. The molecule has 0 heterocycles. The number of aliphatic carboxylic acids is 1. The lowest BCUT2D eigenvalue weighted by molar-refractivity contribution is -0.137. The molecule has 1 aliphatic rings. The molecule has 5 heteroatoms. The van der Waals surface area contributed by atoms with Crippen LogP contribution in [-0.4, -0.2) is 53.6 Å². The van der Waals surface area contributed by atoms with Crippen molar-refractivity contribution in [3.63, 3.8) is 0 Å². The van der Waals surface area contributed by atoms with Crippen molar-refractivity contribution in [2.45, 2.75) is 44.6 Å². The number of hydrogen-bond donors (Lipinski definition) is 1. The smallest absolute Gasteiger partial charge is 0.319 e. The van der Waals surface area contributed by atoms with Crippen molar-refractivity contribution in [1.29, 1.82) is 0 Å². The van der Waals surface area contributed by atoms with Gasteiger partial charge < -0.3 is 14.9 Å². The number of carboxylic acids is 1. The Morgan fingerprint density at radius 1 is 1.24 bits per heavy atom. The van der Waals surface area contributed by atoms with Gasteiger partial charge in [-0.3, -0.25) is 4.79 Å². The van der Waals surface area contributed by atoms with Crippen molar-refractivity contribution in [1.82, 2.24) is 9.80 Å². The third-order valence-corrected chi connectivity index (χ3v) is 3.38. The lowest BCUT2D eigenvalue weighted by Gasteiger charge is -2.29. The molecule has 0 aliphatic heterocycles. The molecule has 17 heavy (non-hydrogen) atoms. The van der Waals surface area contributed by atoms with Gasteiger partial charge in [0.05, 0.1) is 0 Å². The Labute approximate surface area is 102 Å². The first-order valence-electron chi connectivity index (χ1n) is 6.22. The van der Waals surface area contributed by atoms with E-state index in [1.165, 1.54) is 12.8 Å². The van der Waals surface area contributed by atoms with Crippen LogP contribution in [0.4, 0.5) is 4.79 Å². The molecular weight excluding hydrogens is 220 g/mol. The van der Waals surface area contributed by atoms with E-state index in [4.69, 9.17) is 5.11 Å². The highest BCUT2D eigenvalue weighted by atomic mass is 16.4. The van der Waals surface area contributed by atoms with Gasteiger partial charge in [-0.15, -0.1) is 0 Å². The van der Waals surface area contributed by atoms with E-state index in [1.807, 2.05) is 7.05 Å². The van der Waals surface area contributed by atoms with Crippen LogP contribution in [0.15, 0.2) is 0 Å². The number of amides is 2. The third-order valence-electron chi connectivity index (χ3n) is 3.38. The number of nitrogens with zero attached hydrogens (tertiary/aromatic N) is 2. The predicted molar refractivity (Wildman–Crippen MR) is 64.9 cm³/mol. The van der Waals surface area contributed by atoms with Gasteiger partial charge in [-0.25, -0.2) is 4.79 Å². The average Bonchev–Trinajstić information content (AvgIpc) is 2.79. The number of urea groups is 1. The first-order chi connectivity index (χ1) is 8.02. The largest absolute Gasteiger partial charge is 0.481 e. The number of hydrogen-bond acceptors (Lipinski definition) is 2. The van der Waals surface area contributed by atoms with Gasteiger partial charge in [0.1, 0.15) is 0 Å². The van der Waals surface area contributed by atoms with E-state index in [-0.39, 0.29) is 12.5 Å². The number of carboxylic acid groups (broad SMARTS) is 1. The monoisotopic (exact) mass is 242 g/mol. The maximum atomic E-state index is 12.0. The number of carbonyl (C=O) groups is 2. The molecule has 1 fully saturated rings. The van der Waals surface area contributed by atoms with Gasteiger partial charge in [0.2, 0.25) is 0 Å². The van der Waals surface area contributed by atoms with E-state index >= 15 is 0 Å². The number of carbonyl (C=O) groups excluding carboxylic acids is 1. The Hall–Kier alpha value is -1.26. The summed E-state index contributed by atoms with van der Waals surface area (Å²) >= 11 is 0. The molecule has 0 unspecified atom stereocenters. The summed E-state index contributed by atoms with van der Waals surface area (Å²) in [6.07, 6.45) is 5.20. The zero-order chi connectivity index (χ0) is 12.8. The quantitative estimate of drug-likeness (QED) is 0.799. The Kier molecular flexibility index (Phi) is 5.25. The fourth-order valence-electron chi connectivity index (χ4n) is 2.28. The summed E-state index contributed by atoms with van der Waals surface area (Å²) in [4.78, 5) is 25.8. The summed E-state index contributed by atoms with van der Waals surface area (Å²) in [5.74, 6) is -0.810. The molecule has 0 aromatic rings. The average molecular weight is 242 g/mol. The summed E-state index contributed by atoms with van der Waals surface area (Å²) in [5, 5.41) is 8.53. The summed E-state index contributed by atoms with van der Waals surface area (Å²) < 4.78 is 0. The van der Waals surface area contributed by atoms with Crippen LogP contribution < -0.4 is 0 Å². The van der Waals surface area contributed by atoms with Crippen LogP contribution in [0.3, 0.4) is 0 Å². The molecule has 1 rings (SSSR count). The van der Waals surface area contributed by atoms with Crippen molar-refractivity contribution < 1.29 is 14.7 Å². The molecule has 0 aromatic carbocycles. The Morgan fingerprint density at radius 3 is 2.35 bits per heavy atom. The van der Waals surface area contributed by atoms with E-state index in [0.717, 1.165) is 12.8 Å². The van der Waals surface area contributed by atoms with Crippen molar-refractivity contribution in [2.24, 2.45) is 0 Å². The van der Waals surface area contributed by atoms with Crippen molar-refractivity contribution in [3.05, 3.63) is 0 Å². The maximum absolute atomic E-state index is 12.0. The van der Waals surface area contributed by atoms with Gasteiger partial charge in [0.25, 0.3) is 0 Å². The molecule has 0 atom stereocenters. The van der Waals surface area contributed by atoms with Crippen LogP contribution in [0.5, 0.6) is 0 Å². The second kappa shape index (κ2) is 6.47. The van der Waals surface area contributed by atoms with Gasteiger partial charge in [0.15, 0.2) is 0 Å². The van der Waals surface area contributed by atoms with Crippen LogP contribution in [0, 0.1) is 0 Å². The van der Waals surface area contributed by atoms with E-state index < -0.39 is 5.97 Å². The standard InChI is InChI=1S/C12H22N2O3/c1-13(9-5-8-11(15)16)12(17)14(2)10-6-3-4-7-10/h10H,3-9H2,1-2H3,(H,15,16). The van der Waals surface area contributed by atoms with Gasteiger partial charge in [-0.05, 0) is 19.3 Å². The summed E-state index contributed by atoms with van der Waals surface area (Å²) in [7, 11) is 3.57. The lowest BCUT2D eigenvalue weighted by atomic mass is 10.2. The van der Waals surface area contributed by atoms with Crippen LogP contribution >= 0.6 is 0 Å². The Bertz CT molecular complexity index is 275. The van der Waals surface area contributed by atoms with Crippen molar-refractivity contribution in [3.8, 4) is 0 Å². The minimum atomic E-state index is -0.810. The SMILES string of the molecule is CN(CCCC(=O)O)C(=O)N(C)C1CCCC1. The van der Waals surface area contributed by atoms with Crippen molar-refractivity contribution in [2.75, 3.05) is 20.6 Å². The zero-order valence-electron chi connectivity index (χ0n) is 10.7. The molecule has 0 bridgehead atoms.